The fourth-order valence-corrected chi connectivity index (χ4v) is 4.59. The van der Waals surface area contributed by atoms with Crippen molar-refractivity contribution >= 4 is 47.0 Å². The number of H-pyrrole nitrogens is 1. The molecule has 0 spiro atoms. The van der Waals surface area contributed by atoms with Crippen LogP contribution in [0.1, 0.15) is 42.6 Å². The van der Waals surface area contributed by atoms with Crippen LogP contribution in [-0.4, -0.2) is 51.2 Å². The molecule has 0 bridgehead atoms. The van der Waals surface area contributed by atoms with Crippen LogP contribution < -0.4 is 5.32 Å². The molecular formula is C25H28ClN5O2. The first-order chi connectivity index (χ1) is 15.5. The van der Waals surface area contributed by atoms with Gasteiger partial charge in [0.2, 0.25) is 11.8 Å². The van der Waals surface area contributed by atoms with Crippen molar-refractivity contribution in [1.82, 2.24) is 19.8 Å². The van der Waals surface area contributed by atoms with Gasteiger partial charge in [0.25, 0.3) is 0 Å². The molecule has 8 heteroatoms. The highest BCUT2D eigenvalue weighted by molar-refractivity contribution is 5.96. The summed E-state index contributed by atoms with van der Waals surface area (Å²) in [5.74, 6) is 0.566. The number of pyridine rings is 1. The molecule has 2 aromatic heterocycles. The average Bonchev–Trinajstić information content (AvgIpc) is 3.42. The minimum absolute atomic E-state index is 0. The Hall–Kier alpha value is -3.16. The van der Waals surface area contributed by atoms with Crippen LogP contribution in [0.15, 0.2) is 48.7 Å². The standard InChI is InChI=1S/C25H27N5O2.ClH/c1-16(21-13-18-6-3-4-7-20(18)27-21)29(2)23(31)10-9-17-12-19-15-30-11-5-8-22(30)25(32)28-24(19)26-14-17;/h3-4,6-7,9-10,12-14,16,22,27H,5,8,11,15H2,1-2H3,(H,26,28,32);1H/b10-9+;/t16?,22-;/m0./s1. The van der Waals surface area contributed by atoms with E-state index in [4.69, 9.17) is 0 Å². The van der Waals surface area contributed by atoms with Crippen LogP contribution in [0.25, 0.3) is 17.0 Å². The van der Waals surface area contributed by atoms with Crippen LogP contribution in [-0.2, 0) is 16.1 Å². The minimum Gasteiger partial charge on any atom is -0.357 e. The normalized spacial score (nSPS) is 18.8. The van der Waals surface area contributed by atoms with Gasteiger partial charge in [-0.25, -0.2) is 4.98 Å². The van der Waals surface area contributed by atoms with Gasteiger partial charge in [0.15, 0.2) is 0 Å². The molecule has 0 saturated carbocycles. The Morgan fingerprint density at radius 1 is 1.30 bits per heavy atom. The van der Waals surface area contributed by atoms with E-state index in [1.165, 1.54) is 0 Å². The average molecular weight is 466 g/mol. The van der Waals surface area contributed by atoms with Crippen molar-refractivity contribution in [3.8, 4) is 0 Å². The number of likely N-dealkylation sites (N-methyl/N-ethyl adjacent to an activating group) is 1. The van der Waals surface area contributed by atoms with Crippen LogP contribution in [0.2, 0.25) is 0 Å². The van der Waals surface area contributed by atoms with Crippen LogP contribution >= 0.6 is 12.4 Å². The van der Waals surface area contributed by atoms with E-state index < -0.39 is 0 Å². The number of hydrogen-bond acceptors (Lipinski definition) is 4. The molecule has 2 N–H and O–H groups in total. The molecule has 1 aromatic carbocycles. The first kappa shape index (κ1) is 23.0. The summed E-state index contributed by atoms with van der Waals surface area (Å²) < 4.78 is 0. The number of hydrogen-bond donors (Lipinski definition) is 2. The van der Waals surface area contributed by atoms with Crippen molar-refractivity contribution in [1.29, 1.82) is 0 Å². The summed E-state index contributed by atoms with van der Waals surface area (Å²) in [6.07, 6.45) is 6.99. The van der Waals surface area contributed by atoms with Crippen molar-refractivity contribution in [2.75, 3.05) is 18.9 Å². The summed E-state index contributed by atoms with van der Waals surface area (Å²) in [5.41, 5.74) is 3.89. The van der Waals surface area contributed by atoms with Gasteiger partial charge in [0.05, 0.1) is 12.1 Å². The zero-order valence-electron chi connectivity index (χ0n) is 18.7. The summed E-state index contributed by atoms with van der Waals surface area (Å²) in [5, 5.41) is 4.09. The maximum Gasteiger partial charge on any atom is 0.246 e. The van der Waals surface area contributed by atoms with Gasteiger partial charge in [0.1, 0.15) is 5.82 Å². The SMILES string of the molecule is CC(c1cc2ccccc2[nH]1)N(C)C(=O)/C=C/c1cnc2c(c1)CN1CCC[C@H]1C(=O)N2.Cl. The topological polar surface area (TPSA) is 81.3 Å². The van der Waals surface area contributed by atoms with Gasteiger partial charge in [-0.05, 0) is 61.5 Å². The number of aromatic nitrogens is 2. The number of fused-ring (bicyclic) bond motifs is 3. The molecule has 172 valence electrons. The smallest absolute Gasteiger partial charge is 0.246 e. The molecule has 2 aliphatic rings. The first-order valence-corrected chi connectivity index (χ1v) is 11.1. The van der Waals surface area contributed by atoms with Gasteiger partial charge >= 0.3 is 0 Å². The number of amides is 2. The number of carbonyl (C=O) groups excluding carboxylic acids is 2. The molecule has 1 fully saturated rings. The Labute approximate surface area is 199 Å². The molecule has 7 nitrogen and oxygen atoms in total. The molecule has 33 heavy (non-hydrogen) atoms. The third-order valence-electron chi connectivity index (χ3n) is 6.62. The summed E-state index contributed by atoms with van der Waals surface area (Å²) in [4.78, 5) is 37.0. The second-order valence-electron chi connectivity index (χ2n) is 8.66. The number of carbonyl (C=O) groups is 2. The molecule has 4 heterocycles. The van der Waals surface area contributed by atoms with Crippen LogP contribution in [0, 0.1) is 0 Å². The molecule has 2 amide bonds. The van der Waals surface area contributed by atoms with Crippen molar-refractivity contribution in [3.63, 3.8) is 0 Å². The maximum absolute atomic E-state index is 12.8. The van der Waals surface area contributed by atoms with E-state index in [0.29, 0.717) is 12.4 Å². The zero-order valence-corrected chi connectivity index (χ0v) is 19.6. The first-order valence-electron chi connectivity index (χ1n) is 11.1. The molecule has 3 aromatic rings. The lowest BCUT2D eigenvalue weighted by Gasteiger charge is -2.22. The van der Waals surface area contributed by atoms with E-state index in [1.54, 1.807) is 30.3 Å². The van der Waals surface area contributed by atoms with Gasteiger partial charge in [-0.2, -0.15) is 0 Å². The molecule has 1 unspecified atom stereocenters. The number of nitrogens with one attached hydrogen (secondary N) is 2. The van der Waals surface area contributed by atoms with Crippen molar-refractivity contribution < 1.29 is 9.59 Å². The van der Waals surface area contributed by atoms with Gasteiger partial charge in [-0.3, -0.25) is 14.5 Å². The lowest BCUT2D eigenvalue weighted by molar-refractivity contribution is -0.126. The third-order valence-corrected chi connectivity index (χ3v) is 6.62. The molecule has 5 rings (SSSR count). The summed E-state index contributed by atoms with van der Waals surface area (Å²) in [7, 11) is 1.81. The Morgan fingerprint density at radius 2 is 2.12 bits per heavy atom. The highest BCUT2D eigenvalue weighted by atomic mass is 35.5. The van der Waals surface area contributed by atoms with E-state index in [-0.39, 0.29) is 36.3 Å². The van der Waals surface area contributed by atoms with E-state index in [0.717, 1.165) is 47.1 Å². The van der Waals surface area contributed by atoms with Crippen LogP contribution in [0.3, 0.4) is 0 Å². The lowest BCUT2D eigenvalue weighted by atomic mass is 10.1. The largest absolute Gasteiger partial charge is 0.357 e. The second-order valence-corrected chi connectivity index (χ2v) is 8.66. The monoisotopic (exact) mass is 465 g/mol. The number of para-hydroxylation sites is 1. The Kier molecular flexibility index (Phi) is 6.54. The van der Waals surface area contributed by atoms with Gasteiger partial charge in [0, 0.05) is 42.6 Å². The fourth-order valence-electron chi connectivity index (χ4n) is 4.59. The van der Waals surface area contributed by atoms with E-state index in [9.17, 15) is 9.59 Å². The highest BCUT2D eigenvalue weighted by Crippen LogP contribution is 2.28. The number of aromatic amines is 1. The molecule has 2 aliphatic heterocycles. The molecular weight excluding hydrogens is 438 g/mol. The Bertz CT molecular complexity index is 1190. The van der Waals surface area contributed by atoms with Crippen LogP contribution in [0.4, 0.5) is 5.82 Å². The lowest BCUT2D eigenvalue weighted by Crippen LogP contribution is -2.36. The Balaban J connectivity index is 0.00000259. The summed E-state index contributed by atoms with van der Waals surface area (Å²) in [6, 6.07) is 12.0. The number of anilines is 1. The number of rotatable bonds is 4. The maximum atomic E-state index is 12.8. The summed E-state index contributed by atoms with van der Waals surface area (Å²) >= 11 is 0. The zero-order chi connectivity index (χ0) is 22.2. The molecule has 0 radical (unpaired) electrons. The fraction of sp³-hybridized carbons (Fsp3) is 0.320. The third kappa shape index (κ3) is 4.51. The number of halogens is 1. The second kappa shape index (κ2) is 9.37. The Morgan fingerprint density at radius 3 is 2.94 bits per heavy atom. The van der Waals surface area contributed by atoms with Crippen LogP contribution in [0.5, 0.6) is 0 Å². The quantitative estimate of drug-likeness (QED) is 0.567. The highest BCUT2D eigenvalue weighted by Gasteiger charge is 2.34. The minimum atomic E-state index is -0.0907. The number of benzene rings is 1. The van der Waals surface area contributed by atoms with E-state index in [1.807, 2.05) is 31.2 Å². The van der Waals surface area contributed by atoms with Crippen molar-refractivity contribution in [2.24, 2.45) is 0 Å². The molecule has 2 atom stereocenters. The van der Waals surface area contributed by atoms with Crippen molar-refractivity contribution in [2.45, 2.75) is 38.4 Å². The van der Waals surface area contributed by atoms with Gasteiger partial charge in [-0.1, -0.05) is 18.2 Å². The predicted octanol–water partition coefficient (Wildman–Crippen LogP) is 4.13. The van der Waals surface area contributed by atoms with E-state index in [2.05, 4.69) is 32.3 Å². The van der Waals surface area contributed by atoms with E-state index >= 15 is 0 Å². The predicted molar refractivity (Wildman–Crippen MR) is 132 cm³/mol. The molecule has 1 saturated heterocycles. The summed E-state index contributed by atoms with van der Waals surface area (Å²) in [6.45, 7) is 3.63. The number of nitrogens with zero attached hydrogens (tertiary/aromatic N) is 3. The molecule has 0 aliphatic carbocycles. The van der Waals surface area contributed by atoms with Gasteiger partial charge in [-0.15, -0.1) is 12.4 Å². The van der Waals surface area contributed by atoms with Crippen molar-refractivity contribution in [3.05, 3.63) is 65.5 Å². The van der Waals surface area contributed by atoms with Gasteiger partial charge < -0.3 is 15.2 Å².